The van der Waals surface area contributed by atoms with Crippen LogP contribution in [-0.2, 0) is 18.2 Å². The van der Waals surface area contributed by atoms with E-state index in [0.29, 0.717) is 0 Å². The first kappa shape index (κ1) is 11.0. The lowest BCUT2D eigenvalue weighted by molar-refractivity contribution is 0.0226. The van der Waals surface area contributed by atoms with Crippen molar-refractivity contribution in [3.05, 3.63) is 11.5 Å². The van der Waals surface area contributed by atoms with Crippen molar-refractivity contribution >= 4 is 5.82 Å². The van der Waals surface area contributed by atoms with Gasteiger partial charge in [-0.3, -0.25) is 0 Å². The summed E-state index contributed by atoms with van der Waals surface area (Å²) >= 11 is 0. The third-order valence-electron chi connectivity index (χ3n) is 2.58. The quantitative estimate of drug-likeness (QED) is 0.794. The molecular weight excluding hydrogens is 178 g/mol. The smallest absolute Gasteiger partial charge is 0.126 e. The molecule has 0 aliphatic heterocycles. The van der Waals surface area contributed by atoms with E-state index in [0.717, 1.165) is 23.8 Å². The molecule has 1 rings (SSSR count). The van der Waals surface area contributed by atoms with Gasteiger partial charge < -0.3 is 15.0 Å². The van der Waals surface area contributed by atoms with Gasteiger partial charge in [0.1, 0.15) is 11.6 Å². The van der Waals surface area contributed by atoms with Crippen molar-refractivity contribution in [2.75, 3.05) is 12.8 Å². The van der Waals surface area contributed by atoms with Gasteiger partial charge in [-0.15, -0.1) is 0 Å². The number of imidazole rings is 1. The summed E-state index contributed by atoms with van der Waals surface area (Å²) in [5.74, 6) is 1.66. The summed E-state index contributed by atoms with van der Waals surface area (Å²) in [6, 6.07) is 0. The molecule has 0 aromatic carbocycles. The summed E-state index contributed by atoms with van der Waals surface area (Å²) in [5, 5.41) is 0. The molecule has 14 heavy (non-hydrogen) atoms. The van der Waals surface area contributed by atoms with E-state index >= 15 is 0 Å². The number of hydrogen-bond donors (Lipinski definition) is 1. The van der Waals surface area contributed by atoms with E-state index in [2.05, 4.69) is 4.98 Å². The summed E-state index contributed by atoms with van der Waals surface area (Å²) < 4.78 is 7.23. The Balaban J connectivity index is 2.93. The van der Waals surface area contributed by atoms with Crippen LogP contribution in [0.1, 0.15) is 25.4 Å². The van der Waals surface area contributed by atoms with Crippen LogP contribution in [-0.4, -0.2) is 22.3 Å². The van der Waals surface area contributed by atoms with Gasteiger partial charge in [0.2, 0.25) is 0 Å². The molecule has 0 unspecified atom stereocenters. The van der Waals surface area contributed by atoms with Crippen molar-refractivity contribution < 1.29 is 4.74 Å². The summed E-state index contributed by atoms with van der Waals surface area (Å²) in [4.78, 5) is 4.40. The molecule has 0 amide bonds. The summed E-state index contributed by atoms with van der Waals surface area (Å²) in [5.41, 5.74) is 6.61. The van der Waals surface area contributed by atoms with Crippen LogP contribution in [0.5, 0.6) is 0 Å². The van der Waals surface area contributed by atoms with Crippen LogP contribution in [0.25, 0.3) is 0 Å². The van der Waals surface area contributed by atoms with Crippen LogP contribution in [0, 0.1) is 6.92 Å². The van der Waals surface area contributed by atoms with Crippen molar-refractivity contribution in [1.82, 2.24) is 9.55 Å². The molecule has 1 aromatic rings. The third kappa shape index (κ3) is 2.07. The molecule has 0 spiro atoms. The Bertz CT molecular complexity index is 328. The molecule has 4 heteroatoms. The van der Waals surface area contributed by atoms with E-state index < -0.39 is 0 Å². The maximum Gasteiger partial charge on any atom is 0.126 e. The number of ether oxygens (including phenoxy) is 1. The lowest BCUT2D eigenvalue weighted by atomic mass is 10.0. The third-order valence-corrected chi connectivity index (χ3v) is 2.58. The number of nitrogen functional groups attached to an aromatic ring is 1. The minimum absolute atomic E-state index is 0.213. The van der Waals surface area contributed by atoms with Gasteiger partial charge in [0.15, 0.2) is 0 Å². The molecule has 0 saturated heterocycles. The Morgan fingerprint density at radius 1 is 1.50 bits per heavy atom. The second-order valence-corrected chi connectivity index (χ2v) is 4.19. The SMILES string of the molecule is COC(C)(C)Cc1nc(C)n(C)c1N. The molecule has 0 radical (unpaired) electrons. The summed E-state index contributed by atoms with van der Waals surface area (Å²) in [6.07, 6.45) is 0.733. The number of methoxy groups -OCH3 is 1. The zero-order valence-electron chi connectivity index (χ0n) is 9.59. The summed E-state index contributed by atoms with van der Waals surface area (Å²) in [6.45, 7) is 5.99. The van der Waals surface area contributed by atoms with Crippen LogP contribution >= 0.6 is 0 Å². The molecule has 1 heterocycles. The number of rotatable bonds is 3. The zero-order chi connectivity index (χ0) is 10.9. The fourth-order valence-corrected chi connectivity index (χ4v) is 1.30. The van der Waals surface area contributed by atoms with Crippen molar-refractivity contribution in [3.8, 4) is 0 Å². The highest BCUT2D eigenvalue weighted by Crippen LogP contribution is 2.20. The predicted octanol–water partition coefficient (Wildman–Crippen LogP) is 1.28. The minimum atomic E-state index is -0.213. The van der Waals surface area contributed by atoms with Crippen LogP contribution in [0.3, 0.4) is 0 Å². The van der Waals surface area contributed by atoms with Crippen molar-refractivity contribution in [2.45, 2.75) is 32.8 Å². The highest BCUT2D eigenvalue weighted by Gasteiger charge is 2.21. The molecule has 0 fully saturated rings. The van der Waals surface area contributed by atoms with Gasteiger partial charge in [0.25, 0.3) is 0 Å². The summed E-state index contributed by atoms with van der Waals surface area (Å²) in [7, 11) is 3.62. The van der Waals surface area contributed by atoms with Crippen LogP contribution < -0.4 is 5.73 Å². The first-order chi connectivity index (χ1) is 6.37. The lowest BCUT2D eigenvalue weighted by Crippen LogP contribution is -2.26. The number of anilines is 1. The molecule has 0 saturated carbocycles. The first-order valence-corrected chi connectivity index (χ1v) is 4.70. The highest BCUT2D eigenvalue weighted by atomic mass is 16.5. The predicted molar refractivity (Wildman–Crippen MR) is 57.1 cm³/mol. The van der Waals surface area contributed by atoms with E-state index in [-0.39, 0.29) is 5.60 Å². The molecule has 4 nitrogen and oxygen atoms in total. The van der Waals surface area contributed by atoms with Gasteiger partial charge >= 0.3 is 0 Å². The van der Waals surface area contributed by atoms with Crippen LogP contribution in [0.4, 0.5) is 5.82 Å². The second kappa shape index (κ2) is 3.61. The topological polar surface area (TPSA) is 53.1 Å². The maximum atomic E-state index is 5.91. The van der Waals surface area contributed by atoms with E-state index in [4.69, 9.17) is 10.5 Å². The van der Waals surface area contributed by atoms with Gasteiger partial charge in [0, 0.05) is 20.6 Å². The number of nitrogens with two attached hydrogens (primary N) is 1. The Hall–Kier alpha value is -1.03. The average Bonchev–Trinajstić information content (AvgIpc) is 2.33. The normalized spacial score (nSPS) is 12.1. The molecule has 80 valence electrons. The van der Waals surface area contributed by atoms with E-state index in [9.17, 15) is 0 Å². The molecule has 0 atom stereocenters. The van der Waals surface area contributed by atoms with Gasteiger partial charge in [-0.1, -0.05) is 0 Å². The molecule has 1 aromatic heterocycles. The molecular formula is C10H19N3O. The molecule has 0 aliphatic carbocycles. The first-order valence-electron chi connectivity index (χ1n) is 4.70. The average molecular weight is 197 g/mol. The van der Waals surface area contributed by atoms with Crippen molar-refractivity contribution in [2.24, 2.45) is 7.05 Å². The Morgan fingerprint density at radius 3 is 2.43 bits per heavy atom. The largest absolute Gasteiger partial charge is 0.384 e. The standard InChI is InChI=1S/C10H19N3O/c1-7-12-8(9(11)13(7)4)6-10(2,3)14-5/h6,11H2,1-5H3. The van der Waals surface area contributed by atoms with Gasteiger partial charge in [-0.05, 0) is 20.8 Å². The maximum absolute atomic E-state index is 5.91. The highest BCUT2D eigenvalue weighted by molar-refractivity contribution is 5.38. The van der Waals surface area contributed by atoms with E-state index in [1.54, 1.807) is 7.11 Å². The fraction of sp³-hybridized carbons (Fsp3) is 0.700. The minimum Gasteiger partial charge on any atom is -0.384 e. The Labute approximate surface area is 85.1 Å². The van der Waals surface area contributed by atoms with Crippen molar-refractivity contribution in [1.29, 1.82) is 0 Å². The fourth-order valence-electron chi connectivity index (χ4n) is 1.30. The number of hydrogen-bond acceptors (Lipinski definition) is 3. The number of nitrogens with zero attached hydrogens (tertiary/aromatic N) is 2. The molecule has 2 N–H and O–H groups in total. The Morgan fingerprint density at radius 2 is 2.07 bits per heavy atom. The van der Waals surface area contributed by atoms with Gasteiger partial charge in [-0.2, -0.15) is 0 Å². The second-order valence-electron chi connectivity index (χ2n) is 4.19. The van der Waals surface area contributed by atoms with Crippen LogP contribution in [0.2, 0.25) is 0 Å². The van der Waals surface area contributed by atoms with Crippen LogP contribution in [0.15, 0.2) is 0 Å². The number of aromatic nitrogens is 2. The lowest BCUT2D eigenvalue weighted by Gasteiger charge is -2.21. The monoisotopic (exact) mass is 197 g/mol. The van der Waals surface area contributed by atoms with Crippen molar-refractivity contribution in [3.63, 3.8) is 0 Å². The molecule has 0 aliphatic rings. The number of aryl methyl sites for hydroxylation is 1. The van der Waals surface area contributed by atoms with Gasteiger partial charge in [-0.25, -0.2) is 4.98 Å². The molecule has 0 bridgehead atoms. The Kier molecular flexibility index (Phi) is 2.85. The van der Waals surface area contributed by atoms with E-state index in [1.165, 1.54) is 0 Å². The zero-order valence-corrected chi connectivity index (χ0v) is 9.59. The van der Waals surface area contributed by atoms with Gasteiger partial charge in [0.05, 0.1) is 11.3 Å². The van der Waals surface area contributed by atoms with E-state index in [1.807, 2.05) is 32.4 Å².